The Morgan fingerprint density at radius 1 is 0.944 bits per heavy atom. The number of carbonyl (C=O) groups is 2. The molecule has 3 aromatic rings. The van der Waals surface area contributed by atoms with Crippen LogP contribution in [0.2, 0.25) is 0 Å². The molecule has 0 fully saturated rings. The van der Waals surface area contributed by atoms with Crippen LogP contribution in [0.5, 0.6) is 11.5 Å². The molecule has 0 radical (unpaired) electrons. The fraction of sp³-hybridized carbons (Fsp3) is 0.333. The molecule has 1 atom stereocenters. The van der Waals surface area contributed by atoms with Crippen LogP contribution in [0.25, 0.3) is 0 Å². The molecule has 0 aliphatic rings. The first-order valence-corrected chi connectivity index (χ1v) is 12.3. The molecule has 6 heteroatoms. The van der Waals surface area contributed by atoms with Gasteiger partial charge in [0.1, 0.15) is 17.5 Å². The zero-order chi connectivity index (χ0) is 26.1. The van der Waals surface area contributed by atoms with Crippen LogP contribution < -0.4 is 14.8 Å². The van der Waals surface area contributed by atoms with E-state index in [4.69, 9.17) is 9.47 Å². The lowest BCUT2D eigenvalue weighted by Crippen LogP contribution is -2.51. The Morgan fingerprint density at radius 3 is 2.36 bits per heavy atom. The molecule has 0 saturated carbocycles. The molecule has 1 N–H and O–H groups in total. The number of aryl methyl sites for hydroxylation is 2. The number of nitrogens with one attached hydrogen (secondary N) is 1. The molecule has 0 saturated heterocycles. The summed E-state index contributed by atoms with van der Waals surface area (Å²) in [4.78, 5) is 28.6. The fourth-order valence-electron chi connectivity index (χ4n) is 4.19. The zero-order valence-corrected chi connectivity index (χ0v) is 21.8. The number of hydrogen-bond acceptors (Lipinski definition) is 4. The normalized spacial score (nSPS) is 11.5. The van der Waals surface area contributed by atoms with Crippen LogP contribution in [-0.2, 0) is 22.6 Å². The van der Waals surface area contributed by atoms with Gasteiger partial charge in [-0.05, 0) is 73.7 Å². The molecule has 0 heterocycles. The first-order chi connectivity index (χ1) is 17.3. The van der Waals surface area contributed by atoms with Crippen molar-refractivity contribution in [1.29, 1.82) is 0 Å². The van der Waals surface area contributed by atoms with Gasteiger partial charge in [-0.15, -0.1) is 0 Å². The van der Waals surface area contributed by atoms with E-state index in [0.29, 0.717) is 24.5 Å². The van der Waals surface area contributed by atoms with Crippen molar-refractivity contribution in [3.05, 3.63) is 94.5 Å². The molecule has 0 aliphatic heterocycles. The maximum Gasteiger partial charge on any atom is 0.261 e. The number of ether oxygens (including phenoxy) is 2. The van der Waals surface area contributed by atoms with Crippen molar-refractivity contribution in [2.24, 2.45) is 0 Å². The second-order valence-corrected chi connectivity index (χ2v) is 8.97. The predicted octanol–water partition coefficient (Wildman–Crippen LogP) is 4.78. The van der Waals surface area contributed by atoms with Gasteiger partial charge in [-0.25, -0.2) is 0 Å². The average molecular weight is 489 g/mol. The van der Waals surface area contributed by atoms with E-state index in [9.17, 15) is 9.59 Å². The molecule has 0 aliphatic carbocycles. The van der Waals surface area contributed by atoms with Gasteiger partial charge in [-0.1, -0.05) is 48.5 Å². The first-order valence-electron chi connectivity index (χ1n) is 12.3. The third-order valence-corrected chi connectivity index (χ3v) is 6.22. The molecule has 0 bridgehead atoms. The van der Waals surface area contributed by atoms with Gasteiger partial charge >= 0.3 is 0 Å². The minimum Gasteiger partial charge on any atom is -0.497 e. The largest absolute Gasteiger partial charge is 0.497 e. The Kier molecular flexibility index (Phi) is 9.51. The standard InChI is InChI=1S/C30H36N2O4/c1-6-31-30(34)27(18-24-11-8-7-9-12-24)32(19-25-13-10-14-26(17-25)35-5)29(33)20-36-28-16-21(2)15-22(3)23(28)4/h7-17,27H,6,18-20H2,1-5H3,(H,31,34)/t27-/m1/s1. The van der Waals surface area contributed by atoms with Crippen LogP contribution in [-0.4, -0.2) is 43.0 Å². The molecule has 6 nitrogen and oxygen atoms in total. The molecular formula is C30H36N2O4. The molecule has 190 valence electrons. The summed E-state index contributed by atoms with van der Waals surface area (Å²) in [5.41, 5.74) is 5.02. The van der Waals surface area contributed by atoms with Crippen molar-refractivity contribution in [1.82, 2.24) is 10.2 Å². The third kappa shape index (κ3) is 7.11. The lowest BCUT2D eigenvalue weighted by molar-refractivity contribution is -0.142. The monoisotopic (exact) mass is 488 g/mol. The quantitative estimate of drug-likeness (QED) is 0.422. The average Bonchev–Trinajstić information content (AvgIpc) is 2.88. The van der Waals surface area contributed by atoms with Gasteiger partial charge in [0.2, 0.25) is 5.91 Å². The van der Waals surface area contributed by atoms with Gasteiger partial charge in [0.25, 0.3) is 5.91 Å². The van der Waals surface area contributed by atoms with E-state index < -0.39 is 6.04 Å². The highest BCUT2D eigenvalue weighted by Crippen LogP contribution is 2.24. The predicted molar refractivity (Wildman–Crippen MR) is 142 cm³/mol. The van der Waals surface area contributed by atoms with Gasteiger partial charge in [0.05, 0.1) is 7.11 Å². The lowest BCUT2D eigenvalue weighted by Gasteiger charge is -2.31. The van der Waals surface area contributed by atoms with Crippen molar-refractivity contribution in [3.8, 4) is 11.5 Å². The topological polar surface area (TPSA) is 67.9 Å². The van der Waals surface area contributed by atoms with Gasteiger partial charge in [-0.3, -0.25) is 9.59 Å². The van der Waals surface area contributed by atoms with Crippen LogP contribution in [0.1, 0.15) is 34.7 Å². The zero-order valence-electron chi connectivity index (χ0n) is 21.8. The second-order valence-electron chi connectivity index (χ2n) is 8.97. The van der Waals surface area contributed by atoms with Gasteiger partial charge in [-0.2, -0.15) is 0 Å². The van der Waals surface area contributed by atoms with Crippen molar-refractivity contribution in [2.75, 3.05) is 20.3 Å². The fourth-order valence-corrected chi connectivity index (χ4v) is 4.19. The Labute approximate surface area is 214 Å². The van der Waals surface area contributed by atoms with Crippen LogP contribution in [0.3, 0.4) is 0 Å². The van der Waals surface area contributed by atoms with E-state index in [1.165, 1.54) is 0 Å². The van der Waals surface area contributed by atoms with E-state index >= 15 is 0 Å². The minimum atomic E-state index is -0.699. The van der Waals surface area contributed by atoms with Crippen LogP contribution >= 0.6 is 0 Å². The summed E-state index contributed by atoms with van der Waals surface area (Å²) in [7, 11) is 1.61. The molecule has 36 heavy (non-hydrogen) atoms. The molecule has 0 unspecified atom stereocenters. The Morgan fingerprint density at radius 2 is 1.67 bits per heavy atom. The van der Waals surface area contributed by atoms with Gasteiger partial charge in [0, 0.05) is 19.5 Å². The smallest absolute Gasteiger partial charge is 0.261 e. The van der Waals surface area contributed by atoms with Crippen molar-refractivity contribution in [3.63, 3.8) is 0 Å². The minimum absolute atomic E-state index is 0.168. The Bertz CT molecular complexity index is 1180. The van der Waals surface area contributed by atoms with Crippen molar-refractivity contribution < 1.29 is 19.1 Å². The highest BCUT2D eigenvalue weighted by atomic mass is 16.5. The van der Waals surface area contributed by atoms with E-state index in [-0.39, 0.29) is 25.0 Å². The summed E-state index contributed by atoms with van der Waals surface area (Å²) in [5, 5.41) is 2.91. The van der Waals surface area contributed by atoms with Crippen molar-refractivity contribution in [2.45, 2.75) is 46.7 Å². The maximum absolute atomic E-state index is 13.7. The lowest BCUT2D eigenvalue weighted by atomic mass is 10.0. The summed E-state index contributed by atoms with van der Waals surface area (Å²) in [5.74, 6) is 0.920. The molecule has 3 aromatic carbocycles. The molecule has 2 amide bonds. The second kappa shape index (κ2) is 12.8. The van der Waals surface area contributed by atoms with E-state index in [1.54, 1.807) is 12.0 Å². The number of hydrogen-bond donors (Lipinski definition) is 1. The summed E-state index contributed by atoms with van der Waals surface area (Å²) >= 11 is 0. The summed E-state index contributed by atoms with van der Waals surface area (Å²) in [6.07, 6.45) is 0.394. The SMILES string of the molecule is CCNC(=O)[C@@H](Cc1ccccc1)N(Cc1cccc(OC)c1)C(=O)COc1cc(C)cc(C)c1C. The van der Waals surface area contributed by atoms with Gasteiger partial charge in [0.15, 0.2) is 6.61 Å². The summed E-state index contributed by atoms with van der Waals surface area (Å²) in [6.45, 7) is 8.44. The van der Waals surface area contributed by atoms with E-state index in [2.05, 4.69) is 11.4 Å². The third-order valence-electron chi connectivity index (χ3n) is 6.22. The van der Waals surface area contributed by atoms with Crippen LogP contribution in [0.4, 0.5) is 0 Å². The number of nitrogens with zero attached hydrogens (tertiary/aromatic N) is 1. The van der Waals surface area contributed by atoms with Crippen LogP contribution in [0.15, 0.2) is 66.7 Å². The molecule has 0 spiro atoms. The number of likely N-dealkylation sites (N-methyl/N-ethyl adjacent to an activating group) is 1. The van der Waals surface area contributed by atoms with Crippen molar-refractivity contribution >= 4 is 11.8 Å². The first kappa shape index (κ1) is 26.8. The summed E-state index contributed by atoms with van der Waals surface area (Å²) < 4.78 is 11.4. The summed E-state index contributed by atoms with van der Waals surface area (Å²) in [6, 6.07) is 20.6. The van der Waals surface area contributed by atoms with E-state index in [1.807, 2.05) is 88.4 Å². The van der Waals surface area contributed by atoms with E-state index in [0.717, 1.165) is 27.8 Å². The number of carbonyl (C=O) groups excluding carboxylic acids is 2. The van der Waals surface area contributed by atoms with Crippen LogP contribution in [0, 0.1) is 20.8 Å². The molecule has 3 rings (SSSR count). The number of amides is 2. The number of benzene rings is 3. The highest BCUT2D eigenvalue weighted by Gasteiger charge is 2.30. The van der Waals surface area contributed by atoms with Gasteiger partial charge < -0.3 is 19.7 Å². The molecule has 0 aromatic heterocycles. The highest BCUT2D eigenvalue weighted by molar-refractivity contribution is 5.88. The maximum atomic E-state index is 13.7. The Balaban J connectivity index is 1.93. The Hall–Kier alpha value is -3.80. The number of methoxy groups -OCH3 is 1. The number of rotatable bonds is 11. The molecular weight excluding hydrogens is 452 g/mol.